The van der Waals surface area contributed by atoms with E-state index in [2.05, 4.69) is 4.90 Å². The molecule has 1 saturated heterocycles. The van der Waals surface area contributed by atoms with Gasteiger partial charge in [-0.05, 0) is 24.1 Å². The maximum absolute atomic E-state index is 12.8. The van der Waals surface area contributed by atoms with Gasteiger partial charge in [0.1, 0.15) is 5.82 Å². The van der Waals surface area contributed by atoms with E-state index in [9.17, 15) is 9.50 Å². The van der Waals surface area contributed by atoms with Gasteiger partial charge in [-0.15, -0.1) is 0 Å². The van der Waals surface area contributed by atoms with Gasteiger partial charge in [0.15, 0.2) is 0 Å². The lowest BCUT2D eigenvalue weighted by Crippen LogP contribution is -2.48. The molecular weight excluding hydrogens is 247 g/mol. The minimum Gasteiger partial charge on any atom is -0.395 e. The normalized spacial score (nSPS) is 22.4. The Morgan fingerprint density at radius 1 is 1.42 bits per heavy atom. The van der Waals surface area contributed by atoms with Gasteiger partial charge in [-0.1, -0.05) is 12.1 Å². The monoisotopic (exact) mass is 268 g/mol. The van der Waals surface area contributed by atoms with E-state index >= 15 is 0 Å². The molecule has 106 valence electrons. The third-order valence-electron chi connectivity index (χ3n) is 3.59. The zero-order valence-corrected chi connectivity index (χ0v) is 11.0. The average molecular weight is 268 g/mol. The van der Waals surface area contributed by atoms with E-state index in [0.717, 1.165) is 25.1 Å². The number of hydrogen-bond acceptors (Lipinski definition) is 4. The summed E-state index contributed by atoms with van der Waals surface area (Å²) in [6, 6.07) is 6.27. The van der Waals surface area contributed by atoms with E-state index in [1.54, 1.807) is 12.1 Å². The Bertz CT molecular complexity index is 386. The lowest BCUT2D eigenvalue weighted by Gasteiger charge is -2.34. The van der Waals surface area contributed by atoms with Crippen molar-refractivity contribution in [3.63, 3.8) is 0 Å². The van der Waals surface area contributed by atoms with Crippen molar-refractivity contribution in [1.82, 2.24) is 4.90 Å². The summed E-state index contributed by atoms with van der Waals surface area (Å²) in [6.07, 6.45) is 0.780. The second kappa shape index (κ2) is 6.96. The molecule has 3 N–H and O–H groups in total. The summed E-state index contributed by atoms with van der Waals surface area (Å²) in [5.74, 6) is -0.246. The van der Waals surface area contributed by atoms with Crippen LogP contribution in [0.5, 0.6) is 0 Å². The second-order valence-corrected chi connectivity index (χ2v) is 4.89. The van der Waals surface area contributed by atoms with Crippen LogP contribution in [0.2, 0.25) is 0 Å². The van der Waals surface area contributed by atoms with E-state index in [4.69, 9.17) is 10.5 Å². The lowest BCUT2D eigenvalue weighted by atomic mass is 10.0. The molecule has 1 aliphatic heterocycles. The van der Waals surface area contributed by atoms with Crippen molar-refractivity contribution in [2.24, 2.45) is 5.73 Å². The van der Waals surface area contributed by atoms with Crippen LogP contribution in [-0.2, 0) is 4.74 Å². The molecule has 1 aromatic rings. The van der Waals surface area contributed by atoms with Crippen LogP contribution in [0.3, 0.4) is 0 Å². The van der Waals surface area contributed by atoms with Gasteiger partial charge in [0.25, 0.3) is 0 Å². The standard InChI is InChI=1S/C14H21FN2O2/c15-12-3-1-11(2-4-12)14(16)5-6-17-7-8-19-10-13(17)9-18/h1-4,13-14,18H,5-10,16H2. The molecule has 0 aromatic heterocycles. The van der Waals surface area contributed by atoms with Gasteiger partial charge in [0.2, 0.25) is 0 Å². The number of nitrogens with two attached hydrogens (primary N) is 1. The number of aliphatic hydroxyl groups excluding tert-OH is 1. The first-order valence-corrected chi connectivity index (χ1v) is 6.64. The van der Waals surface area contributed by atoms with Crippen molar-refractivity contribution in [3.05, 3.63) is 35.6 Å². The zero-order valence-electron chi connectivity index (χ0n) is 11.0. The van der Waals surface area contributed by atoms with Crippen molar-refractivity contribution in [3.8, 4) is 0 Å². The van der Waals surface area contributed by atoms with Gasteiger partial charge >= 0.3 is 0 Å². The quantitative estimate of drug-likeness (QED) is 0.833. The fourth-order valence-corrected chi connectivity index (χ4v) is 2.33. The second-order valence-electron chi connectivity index (χ2n) is 4.89. The maximum atomic E-state index is 12.8. The maximum Gasteiger partial charge on any atom is 0.123 e. The van der Waals surface area contributed by atoms with Gasteiger partial charge in [-0.3, -0.25) is 4.90 Å². The third kappa shape index (κ3) is 3.98. The molecule has 1 aromatic carbocycles. The molecule has 0 spiro atoms. The predicted molar refractivity (Wildman–Crippen MR) is 71.2 cm³/mol. The molecule has 0 bridgehead atoms. The van der Waals surface area contributed by atoms with Gasteiger partial charge in [0, 0.05) is 19.1 Å². The Labute approximate surface area is 113 Å². The summed E-state index contributed by atoms with van der Waals surface area (Å²) in [5.41, 5.74) is 7.05. The Kier molecular flexibility index (Phi) is 5.27. The highest BCUT2D eigenvalue weighted by Gasteiger charge is 2.22. The number of hydrogen-bond donors (Lipinski definition) is 2. The molecule has 1 fully saturated rings. The minimum atomic E-state index is -0.246. The number of halogens is 1. The molecule has 1 aliphatic rings. The summed E-state index contributed by atoms with van der Waals surface area (Å²) >= 11 is 0. The van der Waals surface area contributed by atoms with E-state index in [0.29, 0.717) is 13.2 Å². The van der Waals surface area contributed by atoms with Gasteiger partial charge in [-0.25, -0.2) is 4.39 Å². The number of nitrogens with zero attached hydrogens (tertiary/aromatic N) is 1. The fraction of sp³-hybridized carbons (Fsp3) is 0.571. The smallest absolute Gasteiger partial charge is 0.123 e. The highest BCUT2D eigenvalue weighted by molar-refractivity contribution is 5.19. The van der Waals surface area contributed by atoms with Crippen molar-refractivity contribution < 1.29 is 14.2 Å². The third-order valence-corrected chi connectivity index (χ3v) is 3.59. The molecule has 5 heteroatoms. The van der Waals surface area contributed by atoms with Crippen LogP contribution in [-0.4, -0.2) is 49.0 Å². The molecule has 0 saturated carbocycles. The summed E-state index contributed by atoms with van der Waals surface area (Å²) in [4.78, 5) is 2.20. The van der Waals surface area contributed by atoms with Crippen molar-refractivity contribution in [1.29, 1.82) is 0 Å². The Morgan fingerprint density at radius 3 is 2.84 bits per heavy atom. The summed E-state index contributed by atoms with van der Waals surface area (Å²) < 4.78 is 18.2. The fourth-order valence-electron chi connectivity index (χ4n) is 2.33. The van der Waals surface area contributed by atoms with Gasteiger partial charge < -0.3 is 15.6 Å². The minimum absolute atomic E-state index is 0.0640. The highest BCUT2D eigenvalue weighted by Crippen LogP contribution is 2.16. The molecular formula is C14H21FN2O2. The van der Waals surface area contributed by atoms with Crippen LogP contribution in [0.15, 0.2) is 24.3 Å². The summed E-state index contributed by atoms with van der Waals surface area (Å²) in [6.45, 7) is 3.00. The molecule has 4 nitrogen and oxygen atoms in total. The predicted octanol–water partition coefficient (Wildman–Crippen LogP) is 0.909. The molecule has 2 atom stereocenters. The largest absolute Gasteiger partial charge is 0.395 e. The van der Waals surface area contributed by atoms with Crippen LogP contribution >= 0.6 is 0 Å². The zero-order chi connectivity index (χ0) is 13.7. The number of benzene rings is 1. The molecule has 2 rings (SSSR count). The Morgan fingerprint density at radius 2 is 2.16 bits per heavy atom. The van der Waals surface area contributed by atoms with Gasteiger partial charge in [0.05, 0.1) is 25.9 Å². The van der Waals surface area contributed by atoms with Crippen LogP contribution in [0, 0.1) is 5.82 Å². The van der Waals surface area contributed by atoms with Gasteiger partial charge in [-0.2, -0.15) is 0 Å². The number of aliphatic hydroxyl groups is 1. The number of ether oxygens (including phenoxy) is 1. The highest BCUT2D eigenvalue weighted by atomic mass is 19.1. The summed E-state index contributed by atoms with van der Waals surface area (Å²) in [5, 5.41) is 9.28. The molecule has 0 radical (unpaired) electrons. The molecule has 2 unspecified atom stereocenters. The van der Waals surface area contributed by atoms with E-state index in [1.165, 1.54) is 12.1 Å². The van der Waals surface area contributed by atoms with Crippen molar-refractivity contribution in [2.45, 2.75) is 18.5 Å². The number of rotatable bonds is 5. The molecule has 1 heterocycles. The molecule has 0 aliphatic carbocycles. The lowest BCUT2D eigenvalue weighted by molar-refractivity contribution is -0.0282. The average Bonchev–Trinajstić information content (AvgIpc) is 2.45. The van der Waals surface area contributed by atoms with Crippen LogP contribution < -0.4 is 5.73 Å². The van der Waals surface area contributed by atoms with Crippen LogP contribution in [0.1, 0.15) is 18.0 Å². The Hall–Kier alpha value is -1.01. The van der Waals surface area contributed by atoms with E-state index in [-0.39, 0.29) is 24.5 Å². The molecule has 0 amide bonds. The first-order valence-electron chi connectivity index (χ1n) is 6.64. The van der Waals surface area contributed by atoms with E-state index in [1.807, 2.05) is 0 Å². The molecule has 19 heavy (non-hydrogen) atoms. The summed E-state index contributed by atoms with van der Waals surface area (Å²) in [7, 11) is 0. The Balaban J connectivity index is 1.85. The first-order chi connectivity index (χ1) is 9.20. The topological polar surface area (TPSA) is 58.7 Å². The van der Waals surface area contributed by atoms with Crippen LogP contribution in [0.4, 0.5) is 4.39 Å². The van der Waals surface area contributed by atoms with Crippen molar-refractivity contribution in [2.75, 3.05) is 32.9 Å². The SMILES string of the molecule is NC(CCN1CCOCC1CO)c1ccc(F)cc1. The number of morpholine rings is 1. The first kappa shape index (κ1) is 14.4. The van der Waals surface area contributed by atoms with Crippen LogP contribution in [0.25, 0.3) is 0 Å². The van der Waals surface area contributed by atoms with E-state index < -0.39 is 0 Å². The van der Waals surface area contributed by atoms with Crippen molar-refractivity contribution >= 4 is 0 Å².